The van der Waals surface area contributed by atoms with E-state index in [0.717, 1.165) is 37.3 Å². The summed E-state index contributed by atoms with van der Waals surface area (Å²) < 4.78 is 5.52. The second kappa shape index (κ2) is 5.34. The van der Waals surface area contributed by atoms with Crippen LogP contribution in [0.2, 0.25) is 0 Å². The molecule has 4 nitrogen and oxygen atoms in total. The van der Waals surface area contributed by atoms with Crippen LogP contribution in [0.4, 0.5) is 6.01 Å². The van der Waals surface area contributed by atoms with Gasteiger partial charge < -0.3 is 14.6 Å². The Bertz CT molecular complexity index is 324. The van der Waals surface area contributed by atoms with Crippen molar-refractivity contribution in [2.45, 2.75) is 32.7 Å². The maximum Gasteiger partial charge on any atom is 0.297 e. The van der Waals surface area contributed by atoms with Crippen LogP contribution in [-0.4, -0.2) is 25.1 Å². The molecule has 0 aromatic carbocycles. The normalized spacial score (nSPS) is 22.1. The SMILES string of the molecule is CNCc1coc(N2CCCC(C)CC2)n1. The predicted octanol–water partition coefficient (Wildman–Crippen LogP) is 2.02. The fourth-order valence-electron chi connectivity index (χ4n) is 2.16. The molecule has 1 aromatic heterocycles. The largest absolute Gasteiger partial charge is 0.432 e. The van der Waals surface area contributed by atoms with Gasteiger partial charge in [0.05, 0.1) is 5.69 Å². The molecule has 2 rings (SSSR count). The van der Waals surface area contributed by atoms with E-state index in [1.54, 1.807) is 6.26 Å². The van der Waals surface area contributed by atoms with Gasteiger partial charge in [0.1, 0.15) is 6.26 Å². The topological polar surface area (TPSA) is 41.3 Å². The summed E-state index contributed by atoms with van der Waals surface area (Å²) in [4.78, 5) is 6.75. The fraction of sp³-hybridized carbons (Fsp3) is 0.750. The lowest BCUT2D eigenvalue weighted by Crippen LogP contribution is -2.24. The molecule has 1 atom stereocenters. The van der Waals surface area contributed by atoms with E-state index in [1.165, 1.54) is 19.3 Å². The van der Waals surface area contributed by atoms with Crippen molar-refractivity contribution in [3.05, 3.63) is 12.0 Å². The molecular weight excluding hydrogens is 202 g/mol. The molecule has 1 fully saturated rings. The third kappa shape index (κ3) is 2.76. The fourth-order valence-corrected chi connectivity index (χ4v) is 2.16. The van der Waals surface area contributed by atoms with E-state index in [4.69, 9.17) is 4.42 Å². The highest BCUT2D eigenvalue weighted by Gasteiger charge is 2.17. The van der Waals surface area contributed by atoms with Gasteiger partial charge in [0.25, 0.3) is 6.01 Å². The third-order valence-electron chi connectivity index (χ3n) is 3.18. The smallest absolute Gasteiger partial charge is 0.297 e. The lowest BCUT2D eigenvalue weighted by molar-refractivity contribution is 0.513. The van der Waals surface area contributed by atoms with Gasteiger partial charge in [-0.25, -0.2) is 0 Å². The zero-order valence-corrected chi connectivity index (χ0v) is 10.2. The molecule has 1 aliphatic rings. The minimum absolute atomic E-state index is 0.772. The van der Waals surface area contributed by atoms with Gasteiger partial charge in [-0.1, -0.05) is 6.92 Å². The van der Waals surface area contributed by atoms with Crippen LogP contribution in [0.25, 0.3) is 0 Å². The molecule has 0 aliphatic carbocycles. The Kier molecular flexibility index (Phi) is 3.83. The molecule has 0 saturated carbocycles. The van der Waals surface area contributed by atoms with E-state index in [0.29, 0.717) is 0 Å². The van der Waals surface area contributed by atoms with E-state index in [2.05, 4.69) is 22.1 Å². The van der Waals surface area contributed by atoms with Gasteiger partial charge >= 0.3 is 0 Å². The van der Waals surface area contributed by atoms with Crippen LogP contribution in [0, 0.1) is 5.92 Å². The zero-order valence-electron chi connectivity index (χ0n) is 10.2. The lowest BCUT2D eigenvalue weighted by Gasteiger charge is -2.17. The first-order valence-corrected chi connectivity index (χ1v) is 6.13. The molecule has 16 heavy (non-hydrogen) atoms. The molecule has 90 valence electrons. The van der Waals surface area contributed by atoms with Crippen LogP contribution < -0.4 is 10.2 Å². The molecule has 0 spiro atoms. The number of oxazole rings is 1. The maximum atomic E-state index is 5.52. The molecule has 2 heterocycles. The Labute approximate surface area is 97.0 Å². The summed E-state index contributed by atoms with van der Waals surface area (Å²) in [5, 5.41) is 3.08. The first-order chi connectivity index (χ1) is 7.79. The van der Waals surface area contributed by atoms with Crippen LogP contribution in [0.15, 0.2) is 10.7 Å². The highest BCUT2D eigenvalue weighted by molar-refractivity contribution is 5.27. The summed E-state index contributed by atoms with van der Waals surface area (Å²) in [7, 11) is 1.92. The van der Waals surface area contributed by atoms with Crippen LogP contribution in [-0.2, 0) is 6.54 Å². The first-order valence-electron chi connectivity index (χ1n) is 6.13. The standard InChI is InChI=1S/C12H21N3O/c1-10-4-3-6-15(7-5-10)12-14-11(8-13-2)9-16-12/h9-10,13H,3-8H2,1-2H3. The molecule has 1 aliphatic heterocycles. The van der Waals surface area contributed by atoms with Crippen molar-refractivity contribution in [1.82, 2.24) is 10.3 Å². The van der Waals surface area contributed by atoms with Crippen LogP contribution in [0.1, 0.15) is 31.9 Å². The Morgan fingerprint density at radius 2 is 2.38 bits per heavy atom. The van der Waals surface area contributed by atoms with Crippen molar-refractivity contribution in [2.75, 3.05) is 25.0 Å². The van der Waals surface area contributed by atoms with E-state index in [1.807, 2.05) is 7.05 Å². The van der Waals surface area contributed by atoms with Crippen molar-refractivity contribution in [1.29, 1.82) is 0 Å². The highest BCUT2D eigenvalue weighted by atomic mass is 16.4. The van der Waals surface area contributed by atoms with Gasteiger partial charge in [0, 0.05) is 19.6 Å². The summed E-state index contributed by atoms with van der Waals surface area (Å²) in [5.41, 5.74) is 0.981. The van der Waals surface area contributed by atoms with Crippen molar-refractivity contribution < 1.29 is 4.42 Å². The van der Waals surface area contributed by atoms with Crippen molar-refractivity contribution >= 4 is 6.01 Å². The third-order valence-corrected chi connectivity index (χ3v) is 3.18. The minimum Gasteiger partial charge on any atom is -0.432 e. The zero-order chi connectivity index (χ0) is 11.4. The van der Waals surface area contributed by atoms with E-state index >= 15 is 0 Å². The Morgan fingerprint density at radius 1 is 1.50 bits per heavy atom. The second-order valence-corrected chi connectivity index (χ2v) is 4.67. The van der Waals surface area contributed by atoms with Crippen molar-refractivity contribution in [3.63, 3.8) is 0 Å². The summed E-state index contributed by atoms with van der Waals surface area (Å²) in [6, 6.07) is 0.791. The van der Waals surface area contributed by atoms with Crippen LogP contribution in [0.5, 0.6) is 0 Å². The van der Waals surface area contributed by atoms with Crippen molar-refractivity contribution in [3.8, 4) is 0 Å². The minimum atomic E-state index is 0.772. The Hall–Kier alpha value is -1.03. The molecular formula is C12H21N3O. The number of rotatable bonds is 3. The van der Waals surface area contributed by atoms with Gasteiger partial charge in [-0.15, -0.1) is 0 Å². The molecule has 4 heteroatoms. The van der Waals surface area contributed by atoms with Crippen LogP contribution in [0.3, 0.4) is 0 Å². The monoisotopic (exact) mass is 223 g/mol. The number of nitrogens with one attached hydrogen (secondary N) is 1. The average Bonchev–Trinajstić information content (AvgIpc) is 2.62. The van der Waals surface area contributed by atoms with Crippen LogP contribution >= 0.6 is 0 Å². The highest BCUT2D eigenvalue weighted by Crippen LogP contribution is 2.21. The first kappa shape index (κ1) is 11.5. The predicted molar refractivity (Wildman–Crippen MR) is 64.5 cm³/mol. The summed E-state index contributed by atoms with van der Waals surface area (Å²) in [6.45, 7) is 5.24. The summed E-state index contributed by atoms with van der Waals surface area (Å²) >= 11 is 0. The average molecular weight is 223 g/mol. The quantitative estimate of drug-likeness (QED) is 0.851. The Balaban J connectivity index is 1.99. The molecule has 0 radical (unpaired) electrons. The maximum absolute atomic E-state index is 5.52. The van der Waals surface area contributed by atoms with Gasteiger partial charge in [0.2, 0.25) is 0 Å². The van der Waals surface area contributed by atoms with Gasteiger partial charge in [0.15, 0.2) is 0 Å². The number of nitrogens with zero attached hydrogens (tertiary/aromatic N) is 2. The van der Waals surface area contributed by atoms with Gasteiger partial charge in [-0.05, 0) is 32.2 Å². The van der Waals surface area contributed by atoms with Crippen molar-refractivity contribution in [2.24, 2.45) is 5.92 Å². The van der Waals surface area contributed by atoms with E-state index < -0.39 is 0 Å². The summed E-state index contributed by atoms with van der Waals surface area (Å²) in [5.74, 6) is 0.830. The summed E-state index contributed by atoms with van der Waals surface area (Å²) in [6.07, 6.45) is 5.55. The molecule has 1 unspecified atom stereocenters. The molecule has 1 N–H and O–H groups in total. The molecule has 1 aromatic rings. The lowest BCUT2D eigenvalue weighted by atomic mass is 10.0. The Morgan fingerprint density at radius 3 is 3.19 bits per heavy atom. The number of hydrogen-bond donors (Lipinski definition) is 1. The molecule has 0 bridgehead atoms. The van der Waals surface area contributed by atoms with Gasteiger partial charge in [-0.3, -0.25) is 0 Å². The number of aromatic nitrogens is 1. The number of anilines is 1. The van der Waals surface area contributed by atoms with E-state index in [-0.39, 0.29) is 0 Å². The second-order valence-electron chi connectivity index (χ2n) is 4.67. The van der Waals surface area contributed by atoms with Gasteiger partial charge in [-0.2, -0.15) is 4.98 Å². The molecule has 1 saturated heterocycles. The number of hydrogen-bond acceptors (Lipinski definition) is 4. The van der Waals surface area contributed by atoms with E-state index in [9.17, 15) is 0 Å². The molecule has 0 amide bonds.